The van der Waals surface area contributed by atoms with E-state index in [4.69, 9.17) is 5.26 Å². The van der Waals surface area contributed by atoms with Gasteiger partial charge in [-0.15, -0.1) is 0 Å². The molecule has 0 atom stereocenters. The summed E-state index contributed by atoms with van der Waals surface area (Å²) in [5.74, 6) is -0.838. The molecule has 0 bridgehead atoms. The molecule has 4 nitrogen and oxygen atoms in total. The van der Waals surface area contributed by atoms with Crippen LogP contribution in [0.4, 0.5) is 4.39 Å². The van der Waals surface area contributed by atoms with Crippen molar-refractivity contribution >= 4 is 10.0 Å². The highest BCUT2D eigenvalue weighted by Crippen LogP contribution is 2.20. The van der Waals surface area contributed by atoms with E-state index < -0.39 is 26.9 Å². The molecule has 0 radical (unpaired) electrons. The zero-order chi connectivity index (χ0) is 14.0. The van der Waals surface area contributed by atoms with E-state index in [1.54, 1.807) is 19.9 Å². The summed E-state index contributed by atoms with van der Waals surface area (Å²) >= 11 is 0. The molecule has 1 aromatic carbocycles. The number of benzene rings is 1. The van der Waals surface area contributed by atoms with Gasteiger partial charge in [-0.05, 0) is 32.4 Å². The fourth-order valence-electron chi connectivity index (χ4n) is 1.33. The molecule has 1 rings (SSSR count). The maximum absolute atomic E-state index is 13.4. The monoisotopic (exact) mass is 270 g/mol. The maximum Gasteiger partial charge on any atom is 0.242 e. The molecule has 1 N–H and O–H groups in total. The molecule has 1 aromatic rings. The molecule has 0 aromatic heterocycles. The van der Waals surface area contributed by atoms with Gasteiger partial charge in [0.05, 0.1) is 0 Å². The van der Waals surface area contributed by atoms with Crippen LogP contribution in [0.15, 0.2) is 23.1 Å². The fourth-order valence-corrected chi connectivity index (χ4v) is 2.98. The molecule has 0 aliphatic carbocycles. The quantitative estimate of drug-likeness (QED) is 0.911. The number of nitriles is 1. The lowest BCUT2D eigenvalue weighted by atomic mass is 10.0. The average molecular weight is 270 g/mol. The van der Waals surface area contributed by atoms with E-state index in [2.05, 4.69) is 4.72 Å². The summed E-state index contributed by atoms with van der Waals surface area (Å²) in [6.45, 7) is 5.27. The fraction of sp³-hybridized carbons (Fsp3) is 0.417. The molecule has 98 valence electrons. The number of halogens is 1. The van der Waals surface area contributed by atoms with Crippen LogP contribution in [0, 0.1) is 17.1 Å². The number of rotatable bonds is 4. The van der Waals surface area contributed by atoms with E-state index in [1.165, 1.54) is 12.1 Å². The van der Waals surface area contributed by atoms with Crippen LogP contribution >= 0.6 is 0 Å². The summed E-state index contributed by atoms with van der Waals surface area (Å²) in [7, 11) is -3.91. The summed E-state index contributed by atoms with van der Waals surface area (Å²) in [6, 6.07) is 5.12. The molecule has 0 heterocycles. The minimum absolute atomic E-state index is 0.327. The van der Waals surface area contributed by atoms with Crippen molar-refractivity contribution in [3.63, 3.8) is 0 Å². The van der Waals surface area contributed by atoms with E-state index >= 15 is 0 Å². The second-order valence-electron chi connectivity index (χ2n) is 4.57. The van der Waals surface area contributed by atoms with Crippen molar-refractivity contribution in [1.82, 2.24) is 4.72 Å². The van der Waals surface area contributed by atoms with Gasteiger partial charge in [0.2, 0.25) is 10.0 Å². The van der Waals surface area contributed by atoms with Crippen molar-refractivity contribution in [2.24, 2.45) is 0 Å². The highest BCUT2D eigenvalue weighted by atomic mass is 32.2. The Morgan fingerprint density at radius 2 is 2.06 bits per heavy atom. The molecule has 18 heavy (non-hydrogen) atoms. The van der Waals surface area contributed by atoms with Crippen LogP contribution in [-0.2, 0) is 10.0 Å². The Hall–Kier alpha value is -1.45. The first-order valence-corrected chi connectivity index (χ1v) is 6.94. The lowest BCUT2D eigenvalue weighted by Crippen LogP contribution is -2.42. The first-order valence-electron chi connectivity index (χ1n) is 5.46. The molecular weight excluding hydrogens is 255 g/mol. The van der Waals surface area contributed by atoms with Gasteiger partial charge in [0.15, 0.2) is 0 Å². The van der Waals surface area contributed by atoms with Gasteiger partial charge in [-0.2, -0.15) is 5.26 Å². The summed E-state index contributed by atoms with van der Waals surface area (Å²) in [5, 5.41) is 8.84. The van der Waals surface area contributed by atoms with Gasteiger partial charge in [-0.1, -0.05) is 13.0 Å². The van der Waals surface area contributed by atoms with Crippen LogP contribution in [0.2, 0.25) is 0 Å². The summed E-state index contributed by atoms with van der Waals surface area (Å²) in [4.78, 5) is -0.327. The van der Waals surface area contributed by atoms with Crippen LogP contribution < -0.4 is 4.72 Å². The van der Waals surface area contributed by atoms with Crippen molar-refractivity contribution < 1.29 is 12.8 Å². The van der Waals surface area contributed by atoms with Crippen molar-refractivity contribution in [3.05, 3.63) is 29.6 Å². The Morgan fingerprint density at radius 1 is 1.44 bits per heavy atom. The largest absolute Gasteiger partial charge is 0.242 e. The Labute approximate surface area is 106 Å². The smallest absolute Gasteiger partial charge is 0.207 e. The van der Waals surface area contributed by atoms with Gasteiger partial charge in [0.1, 0.15) is 22.3 Å². The molecule has 0 unspecified atom stereocenters. The van der Waals surface area contributed by atoms with Gasteiger partial charge in [-0.3, -0.25) is 0 Å². The number of nitrogens with zero attached hydrogens (tertiary/aromatic N) is 1. The van der Waals surface area contributed by atoms with E-state index in [-0.39, 0.29) is 4.90 Å². The molecule has 6 heteroatoms. The zero-order valence-electron chi connectivity index (χ0n) is 10.5. The molecule has 0 saturated heterocycles. The molecule has 0 spiro atoms. The summed E-state index contributed by atoms with van der Waals surface area (Å²) in [6.07, 6.45) is 0.573. The standard InChI is InChI=1S/C12H15FN2O2S/c1-4-12(2,3)15-18(16,17)11-7-5-6-10(13)9(11)8-14/h5-7,15H,4H2,1-3H3. The maximum atomic E-state index is 13.4. The topological polar surface area (TPSA) is 70.0 Å². The number of nitrogens with one attached hydrogen (secondary N) is 1. The van der Waals surface area contributed by atoms with Crippen LogP contribution in [0.3, 0.4) is 0 Å². The molecule has 0 saturated carbocycles. The molecule has 0 aliphatic rings. The van der Waals surface area contributed by atoms with Gasteiger partial charge >= 0.3 is 0 Å². The molecular formula is C12H15FN2O2S. The zero-order valence-corrected chi connectivity index (χ0v) is 11.3. The van der Waals surface area contributed by atoms with E-state index in [9.17, 15) is 12.8 Å². The Bertz CT molecular complexity index is 589. The Kier molecular flexibility index (Phi) is 4.09. The van der Waals surface area contributed by atoms with Crippen LogP contribution in [-0.4, -0.2) is 14.0 Å². The SMILES string of the molecule is CCC(C)(C)NS(=O)(=O)c1cccc(F)c1C#N. The van der Waals surface area contributed by atoms with Crippen molar-refractivity contribution in [2.45, 2.75) is 37.6 Å². The first kappa shape index (κ1) is 14.6. The normalized spacial score (nSPS) is 12.2. The van der Waals surface area contributed by atoms with Crippen molar-refractivity contribution in [2.75, 3.05) is 0 Å². The second kappa shape index (κ2) is 5.04. The number of sulfonamides is 1. The minimum Gasteiger partial charge on any atom is -0.207 e. The summed E-state index contributed by atoms with van der Waals surface area (Å²) in [5.41, 5.74) is -1.12. The Balaban J connectivity index is 3.31. The third-order valence-electron chi connectivity index (χ3n) is 2.67. The van der Waals surface area contributed by atoms with Gasteiger partial charge in [0.25, 0.3) is 0 Å². The van der Waals surface area contributed by atoms with Crippen molar-refractivity contribution in [1.29, 1.82) is 5.26 Å². The third-order valence-corrected chi connectivity index (χ3v) is 4.41. The third kappa shape index (κ3) is 3.06. The Morgan fingerprint density at radius 3 is 2.56 bits per heavy atom. The predicted molar refractivity (Wildman–Crippen MR) is 65.8 cm³/mol. The number of hydrogen-bond donors (Lipinski definition) is 1. The van der Waals surface area contributed by atoms with E-state index in [0.29, 0.717) is 6.42 Å². The highest BCUT2D eigenvalue weighted by molar-refractivity contribution is 7.89. The van der Waals surface area contributed by atoms with Gasteiger partial charge in [-0.25, -0.2) is 17.5 Å². The first-order chi connectivity index (χ1) is 8.23. The minimum atomic E-state index is -3.91. The van der Waals surface area contributed by atoms with Crippen molar-refractivity contribution in [3.8, 4) is 6.07 Å². The van der Waals surface area contributed by atoms with E-state index in [0.717, 1.165) is 6.07 Å². The predicted octanol–water partition coefficient (Wildman–Crippen LogP) is 2.16. The highest BCUT2D eigenvalue weighted by Gasteiger charge is 2.27. The molecule has 0 aliphatic heterocycles. The van der Waals surface area contributed by atoms with Gasteiger partial charge < -0.3 is 0 Å². The lowest BCUT2D eigenvalue weighted by Gasteiger charge is -2.24. The van der Waals surface area contributed by atoms with Crippen LogP contribution in [0.1, 0.15) is 32.8 Å². The molecule has 0 amide bonds. The van der Waals surface area contributed by atoms with Crippen LogP contribution in [0.5, 0.6) is 0 Å². The second-order valence-corrected chi connectivity index (χ2v) is 6.22. The van der Waals surface area contributed by atoms with Gasteiger partial charge in [0, 0.05) is 5.54 Å². The average Bonchev–Trinajstić information content (AvgIpc) is 2.27. The lowest BCUT2D eigenvalue weighted by molar-refractivity contribution is 0.439. The van der Waals surface area contributed by atoms with E-state index in [1.807, 2.05) is 6.92 Å². The molecule has 0 fully saturated rings. The summed E-state index contributed by atoms with van der Waals surface area (Å²) < 4.78 is 40.1. The van der Waals surface area contributed by atoms with Crippen LogP contribution in [0.25, 0.3) is 0 Å². The number of hydrogen-bond acceptors (Lipinski definition) is 3.